The molecule has 20 heavy (non-hydrogen) atoms. The highest BCUT2D eigenvalue weighted by Crippen LogP contribution is 2.40. The zero-order valence-electron chi connectivity index (χ0n) is 12.1. The van der Waals surface area contributed by atoms with Crippen LogP contribution in [0.25, 0.3) is 11.2 Å². The second kappa shape index (κ2) is 5.05. The number of nitrogens with one attached hydrogen (secondary N) is 1. The van der Waals surface area contributed by atoms with Gasteiger partial charge in [-0.25, -0.2) is 4.98 Å². The van der Waals surface area contributed by atoms with E-state index in [-0.39, 0.29) is 5.41 Å². The minimum Gasteiger partial charge on any atom is -0.481 e. The van der Waals surface area contributed by atoms with Crippen molar-refractivity contribution in [2.24, 2.45) is 11.7 Å². The highest BCUT2D eigenvalue weighted by atomic mass is 16.5. The first-order valence-corrected chi connectivity index (χ1v) is 7.28. The Labute approximate surface area is 118 Å². The molecule has 108 valence electrons. The van der Waals surface area contributed by atoms with Crippen LogP contribution in [-0.4, -0.2) is 28.6 Å². The second-order valence-corrected chi connectivity index (χ2v) is 5.98. The van der Waals surface area contributed by atoms with Crippen molar-refractivity contribution in [2.75, 3.05) is 13.7 Å². The number of imidazole rings is 1. The maximum Gasteiger partial charge on any atom is 0.215 e. The van der Waals surface area contributed by atoms with Gasteiger partial charge >= 0.3 is 0 Å². The Balaban J connectivity index is 1.99. The van der Waals surface area contributed by atoms with E-state index in [0.717, 1.165) is 30.1 Å². The van der Waals surface area contributed by atoms with E-state index < -0.39 is 0 Å². The van der Waals surface area contributed by atoms with Crippen molar-refractivity contribution in [1.29, 1.82) is 0 Å². The van der Waals surface area contributed by atoms with Crippen molar-refractivity contribution in [2.45, 2.75) is 38.0 Å². The molecule has 3 N–H and O–H groups in total. The monoisotopic (exact) mass is 274 g/mol. The lowest BCUT2D eigenvalue weighted by Crippen LogP contribution is -2.39. The van der Waals surface area contributed by atoms with Gasteiger partial charge < -0.3 is 15.5 Å². The number of methoxy groups -OCH3 is 1. The van der Waals surface area contributed by atoms with E-state index in [2.05, 4.69) is 21.9 Å². The van der Waals surface area contributed by atoms with Crippen LogP contribution < -0.4 is 10.5 Å². The Morgan fingerprint density at radius 1 is 1.35 bits per heavy atom. The molecule has 0 unspecified atom stereocenters. The number of hydrogen-bond donors (Lipinski definition) is 2. The van der Waals surface area contributed by atoms with Gasteiger partial charge in [-0.3, -0.25) is 0 Å². The molecule has 0 bridgehead atoms. The molecule has 2 aromatic heterocycles. The molecule has 0 aliphatic heterocycles. The molecule has 0 atom stereocenters. The van der Waals surface area contributed by atoms with Crippen molar-refractivity contribution in [3.63, 3.8) is 0 Å². The van der Waals surface area contributed by atoms with Crippen LogP contribution in [0.4, 0.5) is 0 Å². The van der Waals surface area contributed by atoms with Crippen LogP contribution in [-0.2, 0) is 5.41 Å². The first-order valence-electron chi connectivity index (χ1n) is 7.28. The van der Waals surface area contributed by atoms with Crippen LogP contribution in [0.5, 0.6) is 5.88 Å². The maximum absolute atomic E-state index is 6.09. The molecule has 1 aliphatic carbocycles. The Morgan fingerprint density at radius 2 is 2.10 bits per heavy atom. The number of hydrogen-bond acceptors (Lipinski definition) is 4. The van der Waals surface area contributed by atoms with E-state index in [1.807, 2.05) is 12.1 Å². The number of H-pyrrole nitrogens is 1. The van der Waals surface area contributed by atoms with Crippen molar-refractivity contribution in [3.8, 4) is 5.88 Å². The molecule has 5 heteroatoms. The van der Waals surface area contributed by atoms with E-state index in [9.17, 15) is 0 Å². The van der Waals surface area contributed by atoms with Gasteiger partial charge in [0, 0.05) is 18.0 Å². The quantitative estimate of drug-likeness (QED) is 0.901. The highest BCUT2D eigenvalue weighted by Gasteiger charge is 2.37. The van der Waals surface area contributed by atoms with Crippen molar-refractivity contribution in [3.05, 3.63) is 18.0 Å². The fourth-order valence-corrected chi connectivity index (χ4v) is 3.09. The van der Waals surface area contributed by atoms with Gasteiger partial charge in [0.05, 0.1) is 12.6 Å². The average molecular weight is 274 g/mol. The minimum atomic E-state index is -0.0134. The molecule has 3 rings (SSSR count). The van der Waals surface area contributed by atoms with Gasteiger partial charge in [0.15, 0.2) is 5.65 Å². The third kappa shape index (κ3) is 2.16. The molecule has 1 fully saturated rings. The van der Waals surface area contributed by atoms with Crippen LogP contribution in [0.15, 0.2) is 12.1 Å². The van der Waals surface area contributed by atoms with E-state index in [0.29, 0.717) is 18.1 Å². The fraction of sp³-hybridized carbons (Fsp3) is 0.600. The molecule has 0 radical (unpaired) electrons. The fourth-order valence-electron chi connectivity index (χ4n) is 3.09. The molecule has 0 saturated heterocycles. The van der Waals surface area contributed by atoms with Gasteiger partial charge in [-0.1, -0.05) is 6.92 Å². The largest absolute Gasteiger partial charge is 0.481 e. The molecule has 0 aromatic carbocycles. The molecule has 1 saturated carbocycles. The normalized spacial score (nSPS) is 26.9. The number of nitrogens with two attached hydrogens (primary N) is 1. The van der Waals surface area contributed by atoms with Gasteiger partial charge in [0.2, 0.25) is 5.88 Å². The summed E-state index contributed by atoms with van der Waals surface area (Å²) in [5.41, 5.74) is 7.74. The van der Waals surface area contributed by atoms with E-state index >= 15 is 0 Å². The summed E-state index contributed by atoms with van der Waals surface area (Å²) in [5.74, 6) is 2.37. The first kappa shape index (κ1) is 13.4. The Bertz CT molecular complexity index is 599. The SMILES string of the molecule is COc1ccc2[nH]c(C3(CN)CCC(C)CC3)nc2n1. The van der Waals surface area contributed by atoms with Gasteiger partial charge in [-0.15, -0.1) is 0 Å². The summed E-state index contributed by atoms with van der Waals surface area (Å²) in [6.07, 6.45) is 4.62. The summed E-state index contributed by atoms with van der Waals surface area (Å²) in [6.45, 7) is 2.95. The zero-order valence-corrected chi connectivity index (χ0v) is 12.1. The number of aromatic amines is 1. The summed E-state index contributed by atoms with van der Waals surface area (Å²) in [5, 5.41) is 0. The third-order valence-electron chi connectivity index (χ3n) is 4.65. The molecule has 5 nitrogen and oxygen atoms in total. The second-order valence-electron chi connectivity index (χ2n) is 5.98. The number of rotatable bonds is 3. The van der Waals surface area contributed by atoms with E-state index in [4.69, 9.17) is 10.5 Å². The molecular formula is C15H22N4O. The average Bonchev–Trinajstić information content (AvgIpc) is 2.91. The lowest BCUT2D eigenvalue weighted by Gasteiger charge is -2.36. The first-order chi connectivity index (χ1) is 9.66. The number of pyridine rings is 1. The summed E-state index contributed by atoms with van der Waals surface area (Å²) in [7, 11) is 1.62. The standard InChI is InChI=1S/C15H22N4O/c1-10-5-7-15(9-16,8-6-10)14-17-11-3-4-12(20-2)18-13(11)19-14/h3-4,10H,5-9,16H2,1-2H3,(H,17,18,19). The Kier molecular flexibility index (Phi) is 3.38. The highest BCUT2D eigenvalue weighted by molar-refractivity contribution is 5.71. The smallest absolute Gasteiger partial charge is 0.215 e. The molecule has 0 spiro atoms. The van der Waals surface area contributed by atoms with Crippen LogP contribution in [0.1, 0.15) is 38.4 Å². The summed E-state index contributed by atoms with van der Waals surface area (Å²) >= 11 is 0. The zero-order chi connectivity index (χ0) is 14.2. The van der Waals surface area contributed by atoms with Gasteiger partial charge in [0.1, 0.15) is 5.82 Å². The number of aromatic nitrogens is 3. The van der Waals surface area contributed by atoms with Crippen molar-refractivity contribution < 1.29 is 4.74 Å². The summed E-state index contributed by atoms with van der Waals surface area (Å²) in [4.78, 5) is 12.5. The summed E-state index contributed by atoms with van der Waals surface area (Å²) < 4.78 is 5.15. The Hall–Kier alpha value is -1.62. The molecular weight excluding hydrogens is 252 g/mol. The Morgan fingerprint density at radius 3 is 2.75 bits per heavy atom. The molecule has 2 heterocycles. The predicted molar refractivity (Wildman–Crippen MR) is 78.8 cm³/mol. The molecule has 2 aromatic rings. The van der Waals surface area contributed by atoms with Crippen LogP contribution >= 0.6 is 0 Å². The van der Waals surface area contributed by atoms with Gasteiger partial charge in [-0.05, 0) is 37.7 Å². The van der Waals surface area contributed by atoms with E-state index in [1.165, 1.54) is 12.8 Å². The maximum atomic E-state index is 6.09. The molecule has 1 aliphatic rings. The number of fused-ring (bicyclic) bond motifs is 1. The van der Waals surface area contributed by atoms with Crippen LogP contribution in [0.3, 0.4) is 0 Å². The lowest BCUT2D eigenvalue weighted by atomic mass is 9.70. The van der Waals surface area contributed by atoms with Crippen molar-refractivity contribution >= 4 is 11.2 Å². The number of nitrogens with zero attached hydrogens (tertiary/aromatic N) is 2. The molecule has 0 amide bonds. The number of ether oxygens (including phenoxy) is 1. The van der Waals surface area contributed by atoms with Crippen LogP contribution in [0, 0.1) is 5.92 Å². The summed E-state index contributed by atoms with van der Waals surface area (Å²) in [6, 6.07) is 3.82. The van der Waals surface area contributed by atoms with Crippen LogP contribution in [0.2, 0.25) is 0 Å². The minimum absolute atomic E-state index is 0.0134. The topological polar surface area (TPSA) is 76.8 Å². The van der Waals surface area contributed by atoms with Gasteiger partial charge in [-0.2, -0.15) is 4.98 Å². The predicted octanol–water partition coefficient (Wildman–Crippen LogP) is 2.37. The van der Waals surface area contributed by atoms with E-state index in [1.54, 1.807) is 7.11 Å². The van der Waals surface area contributed by atoms with Crippen molar-refractivity contribution in [1.82, 2.24) is 15.0 Å². The third-order valence-corrected chi connectivity index (χ3v) is 4.65. The van der Waals surface area contributed by atoms with Gasteiger partial charge in [0.25, 0.3) is 0 Å². The lowest BCUT2D eigenvalue weighted by molar-refractivity contribution is 0.238.